The summed E-state index contributed by atoms with van der Waals surface area (Å²) >= 11 is 0. The van der Waals surface area contributed by atoms with Crippen LogP contribution in [0.5, 0.6) is 0 Å². The molecule has 1 saturated heterocycles. The Balaban J connectivity index is 1.24. The molecule has 0 aliphatic carbocycles. The molecule has 0 aromatic heterocycles. The van der Waals surface area contributed by atoms with Gasteiger partial charge in [0.1, 0.15) is 0 Å². The first-order valence-corrected chi connectivity index (χ1v) is 13.2. The van der Waals surface area contributed by atoms with E-state index in [1.165, 1.54) is 28.8 Å². The zero-order valence-electron chi connectivity index (χ0n) is 19.1. The largest absolute Gasteiger partial charge is 0.348 e. The van der Waals surface area contributed by atoms with Crippen LogP contribution in [-0.2, 0) is 29.5 Å². The molecule has 3 aromatic rings. The molecule has 176 valence electrons. The number of rotatable bonds is 7. The Morgan fingerprint density at radius 2 is 1.59 bits per heavy atom. The van der Waals surface area contributed by atoms with Gasteiger partial charge in [0.2, 0.25) is 0 Å². The van der Waals surface area contributed by atoms with Crippen LogP contribution in [0.2, 0.25) is 0 Å². The van der Waals surface area contributed by atoms with E-state index in [1.807, 2.05) is 36.4 Å². The normalized spacial score (nSPS) is 15.9. The van der Waals surface area contributed by atoms with E-state index in [4.69, 9.17) is 0 Å². The highest BCUT2D eigenvalue weighted by molar-refractivity contribution is 7.92. The molecule has 7 heteroatoms. The number of carbonyl (C=O) groups is 1. The van der Waals surface area contributed by atoms with Crippen LogP contribution < -0.4 is 9.62 Å². The fourth-order valence-electron chi connectivity index (χ4n) is 4.73. The van der Waals surface area contributed by atoms with Gasteiger partial charge < -0.3 is 5.32 Å². The van der Waals surface area contributed by atoms with Crippen molar-refractivity contribution in [2.75, 3.05) is 23.9 Å². The molecule has 0 spiro atoms. The van der Waals surface area contributed by atoms with Gasteiger partial charge in [0, 0.05) is 25.2 Å². The Kier molecular flexibility index (Phi) is 6.39. The molecule has 2 aliphatic heterocycles. The molecule has 2 heterocycles. The predicted octanol–water partition coefficient (Wildman–Crippen LogP) is 3.96. The van der Waals surface area contributed by atoms with Crippen molar-refractivity contribution in [3.8, 4) is 0 Å². The number of nitrogens with zero attached hydrogens (tertiary/aromatic N) is 2. The van der Waals surface area contributed by atoms with Crippen LogP contribution in [-0.4, -0.2) is 38.9 Å². The van der Waals surface area contributed by atoms with Crippen molar-refractivity contribution >= 4 is 21.6 Å². The molecule has 1 N–H and O–H groups in total. The van der Waals surface area contributed by atoms with Gasteiger partial charge in [0.25, 0.3) is 15.9 Å². The van der Waals surface area contributed by atoms with Gasteiger partial charge in [-0.1, -0.05) is 48.5 Å². The maximum absolute atomic E-state index is 13.3. The summed E-state index contributed by atoms with van der Waals surface area (Å²) in [6.07, 6.45) is 3.24. The van der Waals surface area contributed by atoms with E-state index in [9.17, 15) is 13.2 Å². The minimum atomic E-state index is -3.74. The molecule has 3 aromatic carbocycles. The van der Waals surface area contributed by atoms with Crippen molar-refractivity contribution in [1.29, 1.82) is 0 Å². The van der Waals surface area contributed by atoms with E-state index in [1.54, 1.807) is 18.2 Å². The fourth-order valence-corrected chi connectivity index (χ4v) is 6.28. The zero-order valence-corrected chi connectivity index (χ0v) is 19.9. The number of hydrogen-bond donors (Lipinski definition) is 1. The molecule has 0 saturated carbocycles. The van der Waals surface area contributed by atoms with E-state index in [2.05, 4.69) is 22.3 Å². The summed E-state index contributed by atoms with van der Waals surface area (Å²) in [6.45, 7) is 4.09. The molecule has 1 amide bonds. The summed E-state index contributed by atoms with van der Waals surface area (Å²) in [7, 11) is -3.74. The highest BCUT2D eigenvalue weighted by atomic mass is 32.2. The van der Waals surface area contributed by atoms with Gasteiger partial charge in [-0.15, -0.1) is 0 Å². The van der Waals surface area contributed by atoms with Crippen molar-refractivity contribution in [2.24, 2.45) is 0 Å². The lowest BCUT2D eigenvalue weighted by Crippen LogP contribution is -2.29. The SMILES string of the molecule is O=C(NCc1ccc(CN2CCCC2)cc1)c1cccc(S(=O)(=O)N2CCc3ccccc32)c1. The third kappa shape index (κ3) is 4.72. The molecule has 0 radical (unpaired) electrons. The number of hydrogen-bond acceptors (Lipinski definition) is 4. The van der Waals surface area contributed by atoms with Crippen molar-refractivity contribution in [1.82, 2.24) is 10.2 Å². The Morgan fingerprint density at radius 3 is 2.38 bits per heavy atom. The fraction of sp³-hybridized carbons (Fsp3) is 0.296. The van der Waals surface area contributed by atoms with Crippen LogP contribution in [0.3, 0.4) is 0 Å². The first kappa shape index (κ1) is 22.6. The summed E-state index contributed by atoms with van der Waals surface area (Å²) < 4.78 is 28.0. The predicted molar refractivity (Wildman–Crippen MR) is 133 cm³/mol. The van der Waals surface area contributed by atoms with Crippen LogP contribution in [0.15, 0.2) is 77.7 Å². The molecule has 34 heavy (non-hydrogen) atoms. The van der Waals surface area contributed by atoms with Crippen molar-refractivity contribution < 1.29 is 13.2 Å². The number of sulfonamides is 1. The second-order valence-corrected chi connectivity index (χ2v) is 10.8. The molecular weight excluding hydrogens is 446 g/mol. The van der Waals surface area contributed by atoms with E-state index >= 15 is 0 Å². The molecule has 6 nitrogen and oxygen atoms in total. The summed E-state index contributed by atoms with van der Waals surface area (Å²) in [6, 6.07) is 22.1. The van der Waals surface area contributed by atoms with E-state index < -0.39 is 10.0 Å². The van der Waals surface area contributed by atoms with Gasteiger partial charge >= 0.3 is 0 Å². The first-order chi connectivity index (χ1) is 16.5. The lowest BCUT2D eigenvalue weighted by atomic mass is 10.1. The van der Waals surface area contributed by atoms with Crippen LogP contribution in [0, 0.1) is 0 Å². The lowest BCUT2D eigenvalue weighted by Gasteiger charge is -2.20. The first-order valence-electron chi connectivity index (χ1n) is 11.8. The Labute approximate surface area is 201 Å². The van der Waals surface area contributed by atoms with Crippen LogP contribution in [0.4, 0.5) is 5.69 Å². The maximum Gasteiger partial charge on any atom is 0.264 e. The average Bonchev–Trinajstić information content (AvgIpc) is 3.54. The van der Waals surface area contributed by atoms with Crippen molar-refractivity contribution in [3.05, 3.63) is 95.1 Å². The van der Waals surface area contributed by atoms with Gasteiger partial charge in [-0.2, -0.15) is 0 Å². The molecule has 0 bridgehead atoms. The Hall–Kier alpha value is -3.16. The number of para-hydroxylation sites is 1. The van der Waals surface area contributed by atoms with E-state index in [0.29, 0.717) is 30.8 Å². The minimum Gasteiger partial charge on any atom is -0.348 e. The smallest absolute Gasteiger partial charge is 0.264 e. The number of fused-ring (bicyclic) bond motifs is 1. The number of likely N-dealkylation sites (tertiary alicyclic amines) is 1. The zero-order chi connectivity index (χ0) is 23.5. The standard InChI is InChI=1S/C27H29N3O3S/c31-27(28-19-21-10-12-22(13-11-21)20-29-15-3-4-16-29)24-7-5-8-25(18-24)34(32,33)30-17-14-23-6-1-2-9-26(23)30/h1-2,5-13,18H,3-4,14-17,19-20H2,(H,28,31). The van der Waals surface area contributed by atoms with Gasteiger partial charge in [0.05, 0.1) is 10.6 Å². The quantitative estimate of drug-likeness (QED) is 0.562. The minimum absolute atomic E-state index is 0.128. The molecule has 5 rings (SSSR count). The number of benzene rings is 3. The second kappa shape index (κ2) is 9.60. The average molecular weight is 476 g/mol. The summed E-state index contributed by atoms with van der Waals surface area (Å²) in [5.74, 6) is -0.292. The summed E-state index contributed by atoms with van der Waals surface area (Å²) in [4.78, 5) is 15.4. The summed E-state index contributed by atoms with van der Waals surface area (Å²) in [5, 5.41) is 2.91. The molecule has 0 unspecified atom stereocenters. The van der Waals surface area contributed by atoms with E-state index in [-0.39, 0.29) is 10.8 Å². The topological polar surface area (TPSA) is 69.7 Å². The van der Waals surface area contributed by atoms with E-state index in [0.717, 1.165) is 30.8 Å². The Bertz CT molecular complexity index is 1280. The molecule has 2 aliphatic rings. The van der Waals surface area contributed by atoms with Crippen molar-refractivity contribution in [3.63, 3.8) is 0 Å². The second-order valence-electron chi connectivity index (χ2n) is 8.97. The van der Waals surface area contributed by atoms with Crippen molar-refractivity contribution in [2.45, 2.75) is 37.2 Å². The van der Waals surface area contributed by atoms with Gasteiger partial charge in [-0.25, -0.2) is 8.42 Å². The van der Waals surface area contributed by atoms with Crippen LogP contribution in [0.1, 0.15) is 39.9 Å². The number of anilines is 1. The highest BCUT2D eigenvalue weighted by Crippen LogP contribution is 2.32. The third-order valence-corrected chi connectivity index (χ3v) is 8.42. The molecule has 0 atom stereocenters. The Morgan fingerprint density at radius 1 is 0.853 bits per heavy atom. The van der Waals surface area contributed by atoms with Gasteiger partial charge in [0.15, 0.2) is 0 Å². The highest BCUT2D eigenvalue weighted by Gasteiger charge is 2.30. The monoisotopic (exact) mass is 475 g/mol. The number of amides is 1. The van der Waals surface area contributed by atoms with Gasteiger partial charge in [-0.3, -0.25) is 14.0 Å². The maximum atomic E-state index is 13.3. The van der Waals surface area contributed by atoms with Gasteiger partial charge in [-0.05, 0) is 73.3 Å². The number of nitrogens with one attached hydrogen (secondary N) is 1. The third-order valence-electron chi connectivity index (χ3n) is 6.61. The van der Waals surface area contributed by atoms with Crippen LogP contribution in [0.25, 0.3) is 0 Å². The molecular formula is C27H29N3O3S. The summed E-state index contributed by atoms with van der Waals surface area (Å²) in [5.41, 5.74) is 4.35. The van der Waals surface area contributed by atoms with Crippen LogP contribution >= 0.6 is 0 Å². The number of carbonyl (C=O) groups excluding carboxylic acids is 1. The molecule has 1 fully saturated rings. The lowest BCUT2D eigenvalue weighted by molar-refractivity contribution is 0.0950.